The summed E-state index contributed by atoms with van der Waals surface area (Å²) in [5.41, 5.74) is 2.51. The van der Waals surface area contributed by atoms with Crippen LogP contribution in [0.25, 0.3) is 0 Å². The molecule has 0 bridgehead atoms. The summed E-state index contributed by atoms with van der Waals surface area (Å²) < 4.78 is 8.74. The summed E-state index contributed by atoms with van der Waals surface area (Å²) in [5.74, 6) is 0.883. The van der Waals surface area contributed by atoms with Crippen LogP contribution in [0.4, 0.5) is 0 Å². The van der Waals surface area contributed by atoms with Crippen molar-refractivity contribution >= 4 is 59.1 Å². The molecule has 0 amide bonds. The monoisotopic (exact) mass is 495 g/mol. The number of thiophene rings is 1. The Morgan fingerprint density at radius 2 is 2.00 bits per heavy atom. The van der Waals surface area contributed by atoms with E-state index in [1.165, 1.54) is 14.9 Å². The zero-order valence-corrected chi connectivity index (χ0v) is 17.3. The predicted octanol–water partition coefficient (Wildman–Crippen LogP) is 5.94. The zero-order chi connectivity index (χ0) is 15.4. The Morgan fingerprint density at radius 3 is 2.57 bits per heavy atom. The molecule has 0 aliphatic rings. The standard InChI is InChI=1S/C15H16Br3NOS/c1-3-19-13(11-8-14(17)21-15(11)18)7-9-6-10(20-2)4-5-12(9)16/h4-6,8,13,19H,3,7H2,1-2H3. The van der Waals surface area contributed by atoms with Crippen LogP contribution in [-0.4, -0.2) is 13.7 Å². The van der Waals surface area contributed by atoms with E-state index in [1.807, 2.05) is 12.1 Å². The van der Waals surface area contributed by atoms with Crippen LogP contribution in [0.15, 0.2) is 36.3 Å². The second kappa shape index (κ2) is 8.11. The van der Waals surface area contributed by atoms with Crippen molar-refractivity contribution in [3.63, 3.8) is 0 Å². The molecule has 2 nitrogen and oxygen atoms in total. The van der Waals surface area contributed by atoms with E-state index in [0.717, 1.165) is 27.0 Å². The minimum Gasteiger partial charge on any atom is -0.497 e. The van der Waals surface area contributed by atoms with Crippen LogP contribution >= 0.6 is 59.1 Å². The lowest BCUT2D eigenvalue weighted by Crippen LogP contribution is -2.23. The van der Waals surface area contributed by atoms with Crippen molar-refractivity contribution in [2.45, 2.75) is 19.4 Å². The van der Waals surface area contributed by atoms with Gasteiger partial charge in [0.25, 0.3) is 0 Å². The normalized spacial score (nSPS) is 12.4. The number of benzene rings is 1. The molecule has 1 N–H and O–H groups in total. The summed E-state index contributed by atoms with van der Waals surface area (Å²) in [6, 6.07) is 8.53. The molecule has 0 fully saturated rings. The fraction of sp³-hybridized carbons (Fsp3) is 0.333. The maximum atomic E-state index is 5.33. The smallest absolute Gasteiger partial charge is 0.119 e. The fourth-order valence-electron chi connectivity index (χ4n) is 2.18. The summed E-state index contributed by atoms with van der Waals surface area (Å²) in [6.07, 6.45) is 0.896. The molecule has 0 radical (unpaired) electrons. The summed E-state index contributed by atoms with van der Waals surface area (Å²) in [6.45, 7) is 3.05. The van der Waals surface area contributed by atoms with Crippen molar-refractivity contribution in [1.82, 2.24) is 5.32 Å². The van der Waals surface area contributed by atoms with Gasteiger partial charge in [-0.1, -0.05) is 22.9 Å². The van der Waals surface area contributed by atoms with E-state index in [2.05, 4.69) is 72.2 Å². The van der Waals surface area contributed by atoms with Crippen LogP contribution in [0.5, 0.6) is 5.75 Å². The topological polar surface area (TPSA) is 21.3 Å². The molecule has 1 unspecified atom stereocenters. The molecule has 0 aliphatic heterocycles. The first-order chi connectivity index (χ1) is 10.0. The summed E-state index contributed by atoms with van der Waals surface area (Å²) in [4.78, 5) is 0. The maximum absolute atomic E-state index is 5.33. The Labute approximate surface area is 154 Å². The lowest BCUT2D eigenvalue weighted by Gasteiger charge is -2.19. The minimum atomic E-state index is 0.260. The molecule has 1 heterocycles. The highest BCUT2D eigenvalue weighted by atomic mass is 79.9. The van der Waals surface area contributed by atoms with E-state index < -0.39 is 0 Å². The van der Waals surface area contributed by atoms with Gasteiger partial charge in [0.05, 0.1) is 14.7 Å². The Balaban J connectivity index is 2.30. The minimum absolute atomic E-state index is 0.260. The maximum Gasteiger partial charge on any atom is 0.119 e. The van der Waals surface area contributed by atoms with Crippen LogP contribution < -0.4 is 10.1 Å². The molecule has 21 heavy (non-hydrogen) atoms. The summed E-state index contributed by atoms with van der Waals surface area (Å²) in [5, 5.41) is 3.56. The molecule has 1 aromatic heterocycles. The van der Waals surface area contributed by atoms with Gasteiger partial charge in [-0.15, -0.1) is 11.3 Å². The van der Waals surface area contributed by atoms with Gasteiger partial charge < -0.3 is 10.1 Å². The highest BCUT2D eigenvalue weighted by Crippen LogP contribution is 2.37. The van der Waals surface area contributed by atoms with E-state index >= 15 is 0 Å². The summed E-state index contributed by atoms with van der Waals surface area (Å²) >= 11 is 12.6. The third kappa shape index (κ3) is 4.55. The lowest BCUT2D eigenvalue weighted by atomic mass is 10.0. The van der Waals surface area contributed by atoms with Gasteiger partial charge in [0.1, 0.15) is 5.75 Å². The van der Waals surface area contributed by atoms with Gasteiger partial charge in [-0.3, -0.25) is 0 Å². The van der Waals surface area contributed by atoms with Gasteiger partial charge in [0.15, 0.2) is 0 Å². The zero-order valence-electron chi connectivity index (χ0n) is 11.8. The molecule has 0 saturated carbocycles. The number of halogens is 3. The quantitative estimate of drug-likeness (QED) is 0.533. The van der Waals surface area contributed by atoms with Gasteiger partial charge >= 0.3 is 0 Å². The van der Waals surface area contributed by atoms with Crippen molar-refractivity contribution in [3.8, 4) is 5.75 Å². The molecule has 1 atom stereocenters. The van der Waals surface area contributed by atoms with Gasteiger partial charge in [-0.25, -0.2) is 0 Å². The third-order valence-corrected chi connectivity index (χ3v) is 6.35. The van der Waals surface area contributed by atoms with E-state index in [-0.39, 0.29) is 6.04 Å². The highest BCUT2D eigenvalue weighted by molar-refractivity contribution is 9.12. The van der Waals surface area contributed by atoms with Crippen LogP contribution in [0.3, 0.4) is 0 Å². The first kappa shape index (κ1) is 17.5. The van der Waals surface area contributed by atoms with Crippen molar-refractivity contribution in [2.24, 2.45) is 0 Å². The van der Waals surface area contributed by atoms with Gasteiger partial charge in [-0.2, -0.15) is 0 Å². The van der Waals surface area contributed by atoms with Crippen molar-refractivity contribution < 1.29 is 4.74 Å². The predicted molar refractivity (Wildman–Crippen MR) is 101 cm³/mol. The summed E-state index contributed by atoms with van der Waals surface area (Å²) in [7, 11) is 1.70. The first-order valence-electron chi connectivity index (χ1n) is 6.55. The van der Waals surface area contributed by atoms with Crippen molar-refractivity contribution in [3.05, 3.63) is 47.4 Å². The number of methoxy groups -OCH3 is 1. The molecule has 0 aliphatic carbocycles. The number of hydrogen-bond acceptors (Lipinski definition) is 3. The molecule has 0 spiro atoms. The Bertz CT molecular complexity index is 615. The molecular formula is C15H16Br3NOS. The third-order valence-electron chi connectivity index (χ3n) is 3.19. The van der Waals surface area contributed by atoms with Crippen molar-refractivity contribution in [2.75, 3.05) is 13.7 Å². The SMILES string of the molecule is CCNC(Cc1cc(OC)ccc1Br)c1cc(Br)sc1Br. The van der Waals surface area contributed by atoms with Crippen LogP contribution in [0, 0.1) is 0 Å². The van der Waals surface area contributed by atoms with Gasteiger partial charge in [0.2, 0.25) is 0 Å². The van der Waals surface area contributed by atoms with E-state index in [0.29, 0.717) is 0 Å². The van der Waals surface area contributed by atoms with Gasteiger partial charge in [0, 0.05) is 10.5 Å². The van der Waals surface area contributed by atoms with E-state index in [4.69, 9.17) is 4.74 Å². The number of hydrogen-bond donors (Lipinski definition) is 1. The molecule has 1 aromatic carbocycles. The Morgan fingerprint density at radius 1 is 1.24 bits per heavy atom. The molecule has 114 valence electrons. The number of ether oxygens (including phenoxy) is 1. The number of likely N-dealkylation sites (N-methyl/N-ethyl adjacent to an activating group) is 1. The van der Waals surface area contributed by atoms with Crippen LogP contribution in [-0.2, 0) is 6.42 Å². The van der Waals surface area contributed by atoms with E-state index in [9.17, 15) is 0 Å². The Kier molecular flexibility index (Phi) is 6.75. The highest BCUT2D eigenvalue weighted by Gasteiger charge is 2.18. The first-order valence-corrected chi connectivity index (χ1v) is 9.75. The van der Waals surface area contributed by atoms with Crippen LogP contribution in [0.2, 0.25) is 0 Å². The van der Waals surface area contributed by atoms with Gasteiger partial charge in [-0.05, 0) is 80.2 Å². The molecular weight excluding hydrogens is 482 g/mol. The second-order valence-corrected chi connectivity index (χ2v) is 9.15. The van der Waals surface area contributed by atoms with E-state index in [1.54, 1.807) is 18.4 Å². The average molecular weight is 498 g/mol. The number of rotatable bonds is 6. The fourth-order valence-corrected chi connectivity index (χ4v) is 5.57. The lowest BCUT2D eigenvalue weighted by molar-refractivity contribution is 0.413. The molecule has 0 saturated heterocycles. The molecule has 2 rings (SSSR count). The molecule has 6 heteroatoms. The average Bonchev–Trinajstić information content (AvgIpc) is 2.79. The van der Waals surface area contributed by atoms with Crippen molar-refractivity contribution in [1.29, 1.82) is 0 Å². The second-order valence-electron chi connectivity index (χ2n) is 4.55. The van der Waals surface area contributed by atoms with Crippen LogP contribution in [0.1, 0.15) is 24.1 Å². The largest absolute Gasteiger partial charge is 0.497 e. The number of nitrogens with one attached hydrogen (secondary N) is 1. The molecule has 2 aromatic rings. The Hall–Kier alpha value is 0.120.